The Hall–Kier alpha value is -2.86. The van der Waals surface area contributed by atoms with Crippen LogP contribution in [0.4, 0.5) is 0 Å². The van der Waals surface area contributed by atoms with Crippen molar-refractivity contribution in [2.75, 3.05) is 0 Å². The lowest BCUT2D eigenvalue weighted by Gasteiger charge is -2.06. The standard InChI is InChI=1S/C22H15/c1-2-6-17(7-3-1)19-10-12-20(13-11-19)22-15-14-18-8-4-5-9-21(18)16-22/h1-3,5-16H. The fourth-order valence-corrected chi connectivity index (χ4v) is 2.79. The van der Waals surface area contributed by atoms with Crippen LogP contribution in [0.15, 0.2) is 91.0 Å². The zero-order valence-electron chi connectivity index (χ0n) is 12.2. The average molecular weight is 279 g/mol. The summed E-state index contributed by atoms with van der Waals surface area (Å²) in [5.41, 5.74) is 5.00. The van der Waals surface area contributed by atoms with Gasteiger partial charge in [-0.1, -0.05) is 78.9 Å². The topological polar surface area (TPSA) is 0 Å². The van der Waals surface area contributed by atoms with Gasteiger partial charge >= 0.3 is 0 Å². The summed E-state index contributed by atoms with van der Waals surface area (Å²) in [6, 6.07) is 35.0. The Morgan fingerprint density at radius 3 is 1.91 bits per heavy atom. The summed E-state index contributed by atoms with van der Waals surface area (Å²) in [6.07, 6.45) is 0. The van der Waals surface area contributed by atoms with E-state index in [0.717, 1.165) is 0 Å². The zero-order chi connectivity index (χ0) is 14.8. The number of hydrogen-bond acceptors (Lipinski definition) is 0. The molecule has 0 bridgehead atoms. The van der Waals surface area contributed by atoms with E-state index in [1.807, 2.05) is 18.2 Å². The second kappa shape index (κ2) is 5.50. The maximum absolute atomic E-state index is 3.12. The van der Waals surface area contributed by atoms with E-state index in [4.69, 9.17) is 0 Å². The minimum Gasteiger partial charge on any atom is -0.0622 e. The van der Waals surface area contributed by atoms with E-state index in [9.17, 15) is 0 Å². The molecule has 0 unspecified atom stereocenters. The van der Waals surface area contributed by atoms with Crippen molar-refractivity contribution < 1.29 is 0 Å². The van der Waals surface area contributed by atoms with Crippen LogP contribution in [-0.2, 0) is 0 Å². The third kappa shape index (κ3) is 2.40. The van der Waals surface area contributed by atoms with E-state index >= 15 is 0 Å². The van der Waals surface area contributed by atoms with Gasteiger partial charge in [0.2, 0.25) is 0 Å². The van der Waals surface area contributed by atoms with Crippen molar-refractivity contribution in [3.8, 4) is 22.3 Å². The predicted octanol–water partition coefficient (Wildman–Crippen LogP) is 5.97. The molecule has 0 aliphatic rings. The molecule has 0 aliphatic heterocycles. The van der Waals surface area contributed by atoms with E-state index in [2.05, 4.69) is 78.9 Å². The van der Waals surface area contributed by atoms with Gasteiger partial charge in [0.25, 0.3) is 0 Å². The van der Waals surface area contributed by atoms with Crippen LogP contribution in [-0.4, -0.2) is 0 Å². The van der Waals surface area contributed by atoms with Gasteiger partial charge in [-0.2, -0.15) is 0 Å². The largest absolute Gasteiger partial charge is 0.0622 e. The summed E-state index contributed by atoms with van der Waals surface area (Å²) in [5.74, 6) is 0. The van der Waals surface area contributed by atoms with Gasteiger partial charge in [0.05, 0.1) is 0 Å². The predicted molar refractivity (Wildman–Crippen MR) is 93.7 cm³/mol. The second-order valence-electron chi connectivity index (χ2n) is 5.43. The van der Waals surface area contributed by atoms with Crippen LogP contribution < -0.4 is 0 Å². The fraction of sp³-hybridized carbons (Fsp3) is 0. The highest BCUT2D eigenvalue weighted by Gasteiger charge is 2.01. The molecule has 0 fully saturated rings. The molecular formula is C22H15. The van der Waals surface area contributed by atoms with E-state index < -0.39 is 0 Å². The first-order valence-electron chi connectivity index (χ1n) is 7.46. The maximum atomic E-state index is 3.12. The summed E-state index contributed by atoms with van der Waals surface area (Å²) in [7, 11) is 0. The molecule has 0 N–H and O–H groups in total. The van der Waals surface area contributed by atoms with Gasteiger partial charge in [0, 0.05) is 0 Å². The minimum absolute atomic E-state index is 1.23. The quantitative estimate of drug-likeness (QED) is 0.424. The van der Waals surface area contributed by atoms with Gasteiger partial charge in [-0.15, -0.1) is 0 Å². The maximum Gasteiger partial charge on any atom is -0.0177 e. The van der Waals surface area contributed by atoms with E-state index in [1.54, 1.807) is 0 Å². The third-order valence-corrected chi connectivity index (χ3v) is 4.01. The van der Waals surface area contributed by atoms with Crippen molar-refractivity contribution in [1.29, 1.82) is 0 Å². The summed E-state index contributed by atoms with van der Waals surface area (Å²) in [5, 5.41) is 2.48. The first kappa shape index (κ1) is 12.8. The lowest BCUT2D eigenvalue weighted by Crippen LogP contribution is -1.81. The first-order chi connectivity index (χ1) is 10.9. The lowest BCUT2D eigenvalue weighted by atomic mass is 9.98. The van der Waals surface area contributed by atoms with Gasteiger partial charge in [-0.3, -0.25) is 0 Å². The molecule has 4 aromatic rings. The van der Waals surface area contributed by atoms with Gasteiger partial charge in [0.1, 0.15) is 0 Å². The highest BCUT2D eigenvalue weighted by molar-refractivity contribution is 5.87. The summed E-state index contributed by atoms with van der Waals surface area (Å²) < 4.78 is 0. The molecule has 0 heteroatoms. The summed E-state index contributed by atoms with van der Waals surface area (Å²) >= 11 is 0. The first-order valence-corrected chi connectivity index (χ1v) is 7.46. The summed E-state index contributed by atoms with van der Waals surface area (Å²) in [6.45, 7) is 0. The molecule has 0 saturated carbocycles. The highest BCUT2D eigenvalue weighted by Crippen LogP contribution is 2.27. The fourth-order valence-electron chi connectivity index (χ4n) is 2.79. The molecule has 1 radical (unpaired) electrons. The molecule has 4 rings (SSSR count). The van der Waals surface area contributed by atoms with Crippen molar-refractivity contribution in [2.24, 2.45) is 0 Å². The molecule has 0 heterocycles. The van der Waals surface area contributed by atoms with Crippen molar-refractivity contribution in [3.63, 3.8) is 0 Å². The van der Waals surface area contributed by atoms with E-state index in [0.29, 0.717) is 0 Å². The molecule has 0 aromatic heterocycles. The van der Waals surface area contributed by atoms with E-state index in [-0.39, 0.29) is 0 Å². The van der Waals surface area contributed by atoms with E-state index in [1.165, 1.54) is 33.0 Å². The molecular weight excluding hydrogens is 264 g/mol. The second-order valence-corrected chi connectivity index (χ2v) is 5.43. The van der Waals surface area contributed by atoms with Crippen LogP contribution in [0.1, 0.15) is 0 Å². The van der Waals surface area contributed by atoms with Crippen LogP contribution in [0.3, 0.4) is 0 Å². The van der Waals surface area contributed by atoms with Gasteiger partial charge in [-0.05, 0) is 51.2 Å². The monoisotopic (exact) mass is 279 g/mol. The Bertz CT molecular complexity index is 903. The van der Waals surface area contributed by atoms with Crippen molar-refractivity contribution in [3.05, 3.63) is 97.1 Å². The Kier molecular flexibility index (Phi) is 3.21. The third-order valence-electron chi connectivity index (χ3n) is 4.01. The number of rotatable bonds is 2. The molecule has 0 aliphatic carbocycles. The highest BCUT2D eigenvalue weighted by atomic mass is 14.1. The Balaban J connectivity index is 1.73. The van der Waals surface area contributed by atoms with Crippen molar-refractivity contribution in [1.82, 2.24) is 0 Å². The molecule has 0 nitrogen and oxygen atoms in total. The minimum atomic E-state index is 1.23. The SMILES string of the molecule is [c]1ccc2cc(-c3ccc(-c4ccccc4)cc3)ccc2c1. The number of fused-ring (bicyclic) bond motifs is 1. The number of hydrogen-bond donors (Lipinski definition) is 0. The van der Waals surface area contributed by atoms with Crippen LogP contribution in [0.2, 0.25) is 0 Å². The molecule has 22 heavy (non-hydrogen) atoms. The Morgan fingerprint density at radius 1 is 0.500 bits per heavy atom. The van der Waals surface area contributed by atoms with Crippen LogP contribution in [0, 0.1) is 6.07 Å². The Labute approximate surface area is 130 Å². The molecule has 0 amide bonds. The van der Waals surface area contributed by atoms with Gasteiger partial charge in [0.15, 0.2) is 0 Å². The average Bonchev–Trinajstić information content (AvgIpc) is 2.62. The smallest absolute Gasteiger partial charge is 0.0177 e. The summed E-state index contributed by atoms with van der Waals surface area (Å²) in [4.78, 5) is 0. The molecule has 4 aromatic carbocycles. The molecule has 103 valence electrons. The lowest BCUT2D eigenvalue weighted by molar-refractivity contribution is 1.60. The zero-order valence-corrected chi connectivity index (χ0v) is 12.2. The van der Waals surface area contributed by atoms with Crippen LogP contribution >= 0.6 is 0 Å². The van der Waals surface area contributed by atoms with Gasteiger partial charge < -0.3 is 0 Å². The normalized spacial score (nSPS) is 10.7. The Morgan fingerprint density at radius 2 is 1.14 bits per heavy atom. The number of benzene rings is 4. The van der Waals surface area contributed by atoms with Crippen LogP contribution in [0.25, 0.3) is 33.0 Å². The molecule has 0 saturated heterocycles. The van der Waals surface area contributed by atoms with Crippen LogP contribution in [0.5, 0.6) is 0 Å². The molecule has 0 spiro atoms. The van der Waals surface area contributed by atoms with Gasteiger partial charge in [-0.25, -0.2) is 0 Å². The van der Waals surface area contributed by atoms with Crippen molar-refractivity contribution in [2.45, 2.75) is 0 Å². The molecule has 0 atom stereocenters. The van der Waals surface area contributed by atoms with Crippen molar-refractivity contribution >= 4 is 10.8 Å².